The monoisotopic (exact) mass is 617 g/mol. The first-order valence-electron chi connectivity index (χ1n) is 14.4. The zero-order chi connectivity index (χ0) is 29.0. The van der Waals surface area contributed by atoms with E-state index in [1.54, 1.807) is 0 Å². The minimum atomic E-state index is 0.327. The summed E-state index contributed by atoms with van der Waals surface area (Å²) in [5.74, 6) is 2.34. The molecular formula is C39H28BrN3. The standard InChI is InChI=1S/C39H28BrN3/c40-36-25-23-32(24-26-36)31-15-21-35(22-16-31)39-42-37(33-17-11-29(12-18-33)27-7-3-1-4-8-27)41-38(43-39)34-19-13-30(14-20-34)28-9-5-2-6-10-28/h1-15,17-26,31H,16H2. The molecule has 0 amide bonds. The van der Waals surface area contributed by atoms with E-state index in [-0.39, 0.29) is 0 Å². The fourth-order valence-electron chi connectivity index (χ4n) is 5.39. The quantitative estimate of drug-likeness (QED) is 0.186. The van der Waals surface area contributed by atoms with E-state index >= 15 is 0 Å². The molecule has 1 atom stereocenters. The van der Waals surface area contributed by atoms with Crippen LogP contribution in [0.5, 0.6) is 0 Å². The molecule has 1 unspecified atom stereocenters. The zero-order valence-electron chi connectivity index (χ0n) is 23.4. The van der Waals surface area contributed by atoms with Crippen molar-refractivity contribution in [3.05, 3.63) is 168 Å². The van der Waals surface area contributed by atoms with Gasteiger partial charge >= 0.3 is 0 Å². The van der Waals surface area contributed by atoms with Crippen molar-refractivity contribution in [2.24, 2.45) is 0 Å². The topological polar surface area (TPSA) is 38.7 Å². The predicted molar refractivity (Wildman–Crippen MR) is 180 cm³/mol. The maximum absolute atomic E-state index is 4.98. The number of halogens is 1. The summed E-state index contributed by atoms with van der Waals surface area (Å²) in [5, 5.41) is 0. The van der Waals surface area contributed by atoms with E-state index in [1.165, 1.54) is 16.7 Å². The molecule has 3 nitrogen and oxygen atoms in total. The molecule has 1 aliphatic rings. The van der Waals surface area contributed by atoms with E-state index in [9.17, 15) is 0 Å². The third kappa shape index (κ3) is 6.01. The number of hydrogen-bond donors (Lipinski definition) is 0. The summed E-state index contributed by atoms with van der Waals surface area (Å²) in [6, 6.07) is 46.2. The van der Waals surface area contributed by atoms with Crippen molar-refractivity contribution in [3.63, 3.8) is 0 Å². The summed E-state index contributed by atoms with van der Waals surface area (Å²) >= 11 is 3.54. The van der Waals surface area contributed by atoms with E-state index < -0.39 is 0 Å². The number of nitrogens with zero attached hydrogens (tertiary/aromatic N) is 3. The van der Waals surface area contributed by atoms with Crippen molar-refractivity contribution in [2.75, 3.05) is 0 Å². The fraction of sp³-hybridized carbons (Fsp3) is 0.0513. The Morgan fingerprint density at radius 1 is 0.465 bits per heavy atom. The SMILES string of the molecule is Brc1ccc(C2C=CC(c3nc(-c4ccc(-c5ccccc5)cc4)nc(-c4ccc(-c5ccccc5)cc4)n3)=CC2)cc1. The van der Waals surface area contributed by atoms with Crippen molar-refractivity contribution in [1.82, 2.24) is 15.0 Å². The van der Waals surface area contributed by atoms with Crippen LogP contribution in [0.2, 0.25) is 0 Å². The molecule has 4 heteroatoms. The highest BCUT2D eigenvalue weighted by atomic mass is 79.9. The second-order valence-corrected chi connectivity index (χ2v) is 11.5. The van der Waals surface area contributed by atoms with Crippen LogP contribution in [0.15, 0.2) is 156 Å². The summed E-state index contributed by atoms with van der Waals surface area (Å²) in [6.07, 6.45) is 7.54. The molecule has 0 saturated carbocycles. The summed E-state index contributed by atoms with van der Waals surface area (Å²) in [5.41, 5.74) is 8.91. The molecule has 5 aromatic carbocycles. The van der Waals surface area contributed by atoms with Crippen molar-refractivity contribution in [3.8, 4) is 45.0 Å². The van der Waals surface area contributed by atoms with E-state index in [1.807, 2.05) is 12.1 Å². The van der Waals surface area contributed by atoms with Crippen LogP contribution in [0.3, 0.4) is 0 Å². The third-order valence-corrected chi connectivity index (χ3v) is 8.32. The maximum Gasteiger partial charge on any atom is 0.164 e. The summed E-state index contributed by atoms with van der Waals surface area (Å²) in [7, 11) is 0. The second kappa shape index (κ2) is 12.1. The minimum Gasteiger partial charge on any atom is -0.208 e. The van der Waals surface area contributed by atoms with E-state index in [0.717, 1.165) is 38.7 Å². The normalized spacial score (nSPS) is 14.3. The van der Waals surface area contributed by atoms with E-state index in [2.05, 4.69) is 155 Å². The van der Waals surface area contributed by atoms with Gasteiger partial charge in [-0.1, -0.05) is 155 Å². The van der Waals surface area contributed by atoms with Crippen LogP contribution in [-0.4, -0.2) is 15.0 Å². The molecule has 0 spiro atoms. The average molecular weight is 619 g/mol. The molecule has 0 saturated heterocycles. The van der Waals surface area contributed by atoms with Crippen molar-refractivity contribution in [1.29, 1.82) is 0 Å². The maximum atomic E-state index is 4.98. The Labute approximate surface area is 260 Å². The van der Waals surface area contributed by atoms with Crippen LogP contribution in [0.4, 0.5) is 0 Å². The number of allylic oxidation sites excluding steroid dienone is 4. The Morgan fingerprint density at radius 2 is 0.907 bits per heavy atom. The lowest BCUT2D eigenvalue weighted by Gasteiger charge is -2.17. The molecule has 43 heavy (non-hydrogen) atoms. The van der Waals surface area contributed by atoms with Gasteiger partial charge in [-0.05, 0) is 46.4 Å². The van der Waals surface area contributed by atoms with Gasteiger partial charge in [-0.25, -0.2) is 15.0 Å². The van der Waals surface area contributed by atoms with Crippen LogP contribution in [0.1, 0.15) is 23.7 Å². The highest BCUT2D eigenvalue weighted by Crippen LogP contribution is 2.32. The molecule has 0 N–H and O–H groups in total. The summed E-state index contributed by atoms with van der Waals surface area (Å²) in [4.78, 5) is 14.9. The van der Waals surface area contributed by atoms with Crippen LogP contribution in [0, 0.1) is 0 Å². The smallest absolute Gasteiger partial charge is 0.164 e. The molecule has 0 fully saturated rings. The predicted octanol–water partition coefficient (Wildman–Crippen LogP) is 10.4. The first kappa shape index (κ1) is 26.9. The number of benzene rings is 5. The summed E-state index contributed by atoms with van der Waals surface area (Å²) in [6.45, 7) is 0. The van der Waals surface area contributed by atoms with Crippen molar-refractivity contribution >= 4 is 21.5 Å². The molecule has 0 radical (unpaired) electrons. The Morgan fingerprint density at radius 3 is 1.37 bits per heavy atom. The van der Waals surface area contributed by atoms with Gasteiger partial charge in [-0.3, -0.25) is 0 Å². The molecule has 7 rings (SSSR count). The molecular weight excluding hydrogens is 590 g/mol. The Balaban J connectivity index is 1.24. The van der Waals surface area contributed by atoms with Gasteiger partial charge in [-0.15, -0.1) is 0 Å². The van der Waals surface area contributed by atoms with Crippen LogP contribution in [-0.2, 0) is 0 Å². The van der Waals surface area contributed by atoms with Crippen LogP contribution < -0.4 is 0 Å². The second-order valence-electron chi connectivity index (χ2n) is 10.6. The van der Waals surface area contributed by atoms with E-state index in [4.69, 9.17) is 15.0 Å². The molecule has 1 aliphatic carbocycles. The Bertz CT molecular complexity index is 1810. The van der Waals surface area contributed by atoms with Gasteiger partial charge in [0.15, 0.2) is 17.5 Å². The largest absolute Gasteiger partial charge is 0.208 e. The molecule has 0 aliphatic heterocycles. The van der Waals surface area contributed by atoms with Gasteiger partial charge in [0.2, 0.25) is 0 Å². The zero-order valence-corrected chi connectivity index (χ0v) is 25.0. The first-order valence-corrected chi connectivity index (χ1v) is 15.2. The molecule has 1 aromatic heterocycles. The Kier molecular flexibility index (Phi) is 7.60. The lowest BCUT2D eigenvalue weighted by molar-refractivity contribution is 0.853. The average Bonchev–Trinajstić information content (AvgIpc) is 3.09. The van der Waals surface area contributed by atoms with Crippen LogP contribution >= 0.6 is 15.9 Å². The Hall–Kier alpha value is -4.93. The highest BCUT2D eigenvalue weighted by Gasteiger charge is 2.17. The lowest BCUT2D eigenvalue weighted by atomic mass is 9.90. The fourth-order valence-corrected chi connectivity index (χ4v) is 5.66. The lowest BCUT2D eigenvalue weighted by Crippen LogP contribution is -2.05. The van der Waals surface area contributed by atoms with Crippen LogP contribution in [0.25, 0.3) is 50.6 Å². The van der Waals surface area contributed by atoms with Gasteiger partial charge < -0.3 is 0 Å². The van der Waals surface area contributed by atoms with Crippen molar-refractivity contribution in [2.45, 2.75) is 12.3 Å². The minimum absolute atomic E-state index is 0.327. The number of hydrogen-bond acceptors (Lipinski definition) is 3. The third-order valence-electron chi connectivity index (χ3n) is 7.79. The molecule has 0 bridgehead atoms. The van der Waals surface area contributed by atoms with Crippen molar-refractivity contribution < 1.29 is 0 Å². The summed E-state index contributed by atoms with van der Waals surface area (Å²) < 4.78 is 1.09. The highest BCUT2D eigenvalue weighted by molar-refractivity contribution is 9.10. The van der Waals surface area contributed by atoms with Gasteiger partial charge in [0.05, 0.1) is 0 Å². The van der Waals surface area contributed by atoms with Gasteiger partial charge in [0, 0.05) is 27.1 Å². The first-order chi connectivity index (χ1) is 21.2. The van der Waals surface area contributed by atoms with E-state index in [0.29, 0.717) is 23.4 Å². The van der Waals surface area contributed by atoms with Gasteiger partial charge in [-0.2, -0.15) is 0 Å². The molecule has 1 heterocycles. The van der Waals surface area contributed by atoms with Gasteiger partial charge in [0.1, 0.15) is 0 Å². The number of aromatic nitrogens is 3. The van der Waals surface area contributed by atoms with Gasteiger partial charge in [0.25, 0.3) is 0 Å². The molecule has 6 aromatic rings. The molecule has 206 valence electrons. The number of rotatable bonds is 6.